The molecule has 0 aliphatic heterocycles. The first-order chi connectivity index (χ1) is 12.4. The number of nitro benzene ring substituents is 1. The molecule has 9 heteroatoms. The van der Waals surface area contributed by atoms with Crippen LogP contribution in [-0.2, 0) is 20.7 Å². The molecular formula is C17H18N2O6S. The fraction of sp³-hybridized carbons (Fsp3) is 0.294. The van der Waals surface area contributed by atoms with Crippen molar-refractivity contribution in [3.63, 3.8) is 0 Å². The standard InChI is InChI=1S/C17H18N2O6S/c1-11(25-16(20)6-3-12-7-8-26-10-12)17(21)18-14-5-4-13(24-2)9-15(14)19(22)23/h4-5,7-11H,3,6H2,1-2H3,(H,18,21)/t11-/m1/s1. The Labute approximate surface area is 153 Å². The summed E-state index contributed by atoms with van der Waals surface area (Å²) in [5.74, 6) is -0.868. The molecule has 26 heavy (non-hydrogen) atoms. The van der Waals surface area contributed by atoms with Gasteiger partial charge in [-0.15, -0.1) is 0 Å². The lowest BCUT2D eigenvalue weighted by Crippen LogP contribution is -2.30. The molecule has 1 amide bonds. The molecule has 1 N–H and O–H groups in total. The number of hydrogen-bond acceptors (Lipinski definition) is 7. The van der Waals surface area contributed by atoms with E-state index in [1.54, 1.807) is 0 Å². The van der Waals surface area contributed by atoms with Gasteiger partial charge in [-0.2, -0.15) is 11.3 Å². The number of esters is 1. The lowest BCUT2D eigenvalue weighted by atomic mass is 10.2. The first kappa shape index (κ1) is 19.4. The van der Waals surface area contributed by atoms with Crippen molar-refractivity contribution in [2.24, 2.45) is 0 Å². The topological polar surface area (TPSA) is 108 Å². The van der Waals surface area contributed by atoms with E-state index in [0.717, 1.165) is 5.56 Å². The van der Waals surface area contributed by atoms with Crippen LogP contribution < -0.4 is 10.1 Å². The highest BCUT2D eigenvalue weighted by molar-refractivity contribution is 7.07. The lowest BCUT2D eigenvalue weighted by Gasteiger charge is -2.14. The first-order valence-corrected chi connectivity index (χ1v) is 8.69. The number of methoxy groups -OCH3 is 1. The van der Waals surface area contributed by atoms with Gasteiger partial charge in [0, 0.05) is 6.42 Å². The second-order valence-corrected chi connectivity index (χ2v) is 6.17. The Bertz CT molecular complexity index is 791. The van der Waals surface area contributed by atoms with Crippen LogP contribution in [-0.4, -0.2) is 30.0 Å². The number of amides is 1. The van der Waals surface area contributed by atoms with Gasteiger partial charge in [-0.1, -0.05) is 0 Å². The second-order valence-electron chi connectivity index (χ2n) is 5.39. The number of carbonyl (C=O) groups excluding carboxylic acids is 2. The molecule has 1 heterocycles. The predicted molar refractivity (Wildman–Crippen MR) is 96.5 cm³/mol. The number of rotatable bonds is 8. The molecule has 138 valence electrons. The molecule has 1 aromatic carbocycles. The van der Waals surface area contributed by atoms with Crippen LogP contribution in [0.2, 0.25) is 0 Å². The molecule has 8 nitrogen and oxygen atoms in total. The number of hydrogen-bond donors (Lipinski definition) is 1. The van der Waals surface area contributed by atoms with Gasteiger partial charge < -0.3 is 14.8 Å². The van der Waals surface area contributed by atoms with Gasteiger partial charge in [0.2, 0.25) is 0 Å². The SMILES string of the molecule is COc1ccc(NC(=O)[C@@H](C)OC(=O)CCc2ccsc2)c([N+](=O)[O-])c1. The number of ether oxygens (including phenoxy) is 2. The van der Waals surface area contributed by atoms with Crippen molar-refractivity contribution in [2.75, 3.05) is 12.4 Å². The van der Waals surface area contributed by atoms with E-state index in [0.29, 0.717) is 12.2 Å². The predicted octanol–water partition coefficient (Wildman–Crippen LogP) is 3.17. The maximum atomic E-state index is 12.2. The van der Waals surface area contributed by atoms with E-state index >= 15 is 0 Å². The van der Waals surface area contributed by atoms with E-state index in [1.165, 1.54) is 43.6 Å². The second kappa shape index (κ2) is 8.95. The smallest absolute Gasteiger partial charge is 0.306 e. The zero-order valence-electron chi connectivity index (χ0n) is 14.3. The van der Waals surface area contributed by atoms with Crippen LogP contribution in [0, 0.1) is 10.1 Å². The Morgan fingerprint density at radius 3 is 2.73 bits per heavy atom. The minimum Gasteiger partial charge on any atom is -0.496 e. The molecule has 0 saturated heterocycles. The molecule has 0 saturated carbocycles. The first-order valence-electron chi connectivity index (χ1n) is 7.74. The zero-order valence-corrected chi connectivity index (χ0v) is 15.1. The van der Waals surface area contributed by atoms with Crippen molar-refractivity contribution in [1.29, 1.82) is 0 Å². The summed E-state index contributed by atoms with van der Waals surface area (Å²) in [5, 5.41) is 17.4. The maximum absolute atomic E-state index is 12.2. The molecule has 1 aromatic heterocycles. The van der Waals surface area contributed by atoms with E-state index in [4.69, 9.17) is 9.47 Å². The van der Waals surface area contributed by atoms with Crippen LogP contribution >= 0.6 is 11.3 Å². The third kappa shape index (κ3) is 5.28. The molecule has 1 atom stereocenters. The highest BCUT2D eigenvalue weighted by Crippen LogP contribution is 2.29. The van der Waals surface area contributed by atoms with Gasteiger partial charge in [0.25, 0.3) is 11.6 Å². The molecule has 0 bridgehead atoms. The number of nitrogens with zero attached hydrogens (tertiary/aromatic N) is 1. The quantitative estimate of drug-likeness (QED) is 0.429. The van der Waals surface area contributed by atoms with E-state index in [1.807, 2.05) is 16.8 Å². The molecular weight excluding hydrogens is 360 g/mol. The molecule has 0 radical (unpaired) electrons. The highest BCUT2D eigenvalue weighted by Gasteiger charge is 2.22. The molecule has 0 spiro atoms. The van der Waals surface area contributed by atoms with Crippen LogP contribution in [0.15, 0.2) is 35.0 Å². The largest absolute Gasteiger partial charge is 0.496 e. The van der Waals surface area contributed by atoms with E-state index < -0.39 is 22.9 Å². The number of anilines is 1. The van der Waals surface area contributed by atoms with E-state index in [9.17, 15) is 19.7 Å². The minimum atomic E-state index is -1.08. The van der Waals surface area contributed by atoms with Crippen LogP contribution in [0.25, 0.3) is 0 Å². The third-order valence-electron chi connectivity index (χ3n) is 3.53. The van der Waals surface area contributed by atoms with E-state index in [2.05, 4.69) is 5.32 Å². The lowest BCUT2D eigenvalue weighted by molar-refractivity contribution is -0.384. The summed E-state index contributed by atoms with van der Waals surface area (Å²) in [4.78, 5) is 34.5. The average molecular weight is 378 g/mol. The summed E-state index contributed by atoms with van der Waals surface area (Å²) in [6.07, 6.45) is -0.399. The number of thiophene rings is 1. The number of nitro groups is 1. The highest BCUT2D eigenvalue weighted by atomic mass is 32.1. The zero-order chi connectivity index (χ0) is 19.1. The van der Waals surface area contributed by atoms with Gasteiger partial charge in [-0.05, 0) is 47.9 Å². The summed E-state index contributed by atoms with van der Waals surface area (Å²) in [6, 6.07) is 5.96. The summed E-state index contributed by atoms with van der Waals surface area (Å²) >= 11 is 1.54. The molecule has 0 fully saturated rings. The molecule has 2 aromatic rings. The van der Waals surface area contributed by atoms with Gasteiger partial charge in [-0.3, -0.25) is 19.7 Å². The normalized spacial score (nSPS) is 11.5. The Morgan fingerprint density at radius 2 is 2.12 bits per heavy atom. The van der Waals surface area contributed by atoms with Crippen molar-refractivity contribution in [3.8, 4) is 5.75 Å². The van der Waals surface area contributed by atoms with Crippen LogP contribution in [0.5, 0.6) is 5.75 Å². The Kier molecular flexibility index (Phi) is 6.67. The van der Waals surface area contributed by atoms with Crippen molar-refractivity contribution >= 4 is 34.6 Å². The fourth-order valence-electron chi connectivity index (χ4n) is 2.12. The van der Waals surface area contributed by atoms with Gasteiger partial charge in [0.15, 0.2) is 6.10 Å². The number of aryl methyl sites for hydroxylation is 1. The summed E-state index contributed by atoms with van der Waals surface area (Å²) in [6.45, 7) is 1.41. The molecule has 2 rings (SSSR count). The van der Waals surface area contributed by atoms with Crippen molar-refractivity contribution in [3.05, 3.63) is 50.7 Å². The maximum Gasteiger partial charge on any atom is 0.306 e. The van der Waals surface area contributed by atoms with Crippen LogP contribution in [0.3, 0.4) is 0 Å². The summed E-state index contributed by atoms with van der Waals surface area (Å²) < 4.78 is 10.0. The third-order valence-corrected chi connectivity index (χ3v) is 4.27. The number of nitrogens with one attached hydrogen (secondary N) is 1. The molecule has 0 aliphatic carbocycles. The fourth-order valence-corrected chi connectivity index (χ4v) is 2.82. The van der Waals surface area contributed by atoms with Gasteiger partial charge >= 0.3 is 5.97 Å². The Balaban J connectivity index is 1.94. The van der Waals surface area contributed by atoms with Gasteiger partial charge in [0.05, 0.1) is 18.1 Å². The van der Waals surface area contributed by atoms with Crippen molar-refractivity contribution in [2.45, 2.75) is 25.9 Å². The van der Waals surface area contributed by atoms with Crippen molar-refractivity contribution < 1.29 is 24.0 Å². The Morgan fingerprint density at radius 1 is 1.35 bits per heavy atom. The Hall–Kier alpha value is -2.94. The van der Waals surface area contributed by atoms with E-state index in [-0.39, 0.29) is 17.8 Å². The number of benzene rings is 1. The molecule has 0 aliphatic rings. The van der Waals surface area contributed by atoms with Gasteiger partial charge in [-0.25, -0.2) is 0 Å². The summed E-state index contributed by atoms with van der Waals surface area (Å²) in [7, 11) is 1.38. The van der Waals surface area contributed by atoms with Gasteiger partial charge in [0.1, 0.15) is 11.4 Å². The van der Waals surface area contributed by atoms with Crippen molar-refractivity contribution in [1.82, 2.24) is 0 Å². The minimum absolute atomic E-state index is 0.00183. The average Bonchev–Trinajstić information content (AvgIpc) is 3.13. The molecule has 0 unspecified atom stereocenters. The summed E-state index contributed by atoms with van der Waals surface area (Å²) in [5.41, 5.74) is 0.716. The number of carbonyl (C=O) groups is 2. The van der Waals surface area contributed by atoms with Crippen LogP contribution in [0.4, 0.5) is 11.4 Å². The monoisotopic (exact) mass is 378 g/mol. The van der Waals surface area contributed by atoms with Crippen LogP contribution in [0.1, 0.15) is 18.9 Å².